The lowest BCUT2D eigenvalue weighted by Crippen LogP contribution is -2.33. The summed E-state index contributed by atoms with van der Waals surface area (Å²) in [5.74, 6) is 0.348. The number of aryl methyl sites for hydroxylation is 1. The molecule has 0 bridgehead atoms. The van der Waals surface area contributed by atoms with Crippen molar-refractivity contribution < 1.29 is 9.53 Å². The minimum atomic E-state index is -0.634. The number of hydrogen-bond donors (Lipinski definition) is 1. The smallest absolute Gasteiger partial charge is 0.280 e. The number of rotatable bonds is 6. The van der Waals surface area contributed by atoms with E-state index in [1.807, 2.05) is 36.4 Å². The Kier molecular flexibility index (Phi) is 6.18. The number of amides is 1. The van der Waals surface area contributed by atoms with Crippen LogP contribution in [0.3, 0.4) is 0 Å². The van der Waals surface area contributed by atoms with Gasteiger partial charge in [0.05, 0.1) is 6.21 Å². The third-order valence-electron chi connectivity index (χ3n) is 3.27. The van der Waals surface area contributed by atoms with Gasteiger partial charge in [0.1, 0.15) is 5.75 Å². The second-order valence-electron chi connectivity index (χ2n) is 5.04. The third kappa shape index (κ3) is 5.42. The molecule has 0 fully saturated rings. The van der Waals surface area contributed by atoms with Gasteiger partial charge in [-0.25, -0.2) is 5.43 Å². The fraction of sp³-hybridized carbons (Fsp3) is 0.222. The molecule has 0 radical (unpaired) electrons. The number of nitrogens with zero attached hydrogens (tertiary/aromatic N) is 1. The van der Waals surface area contributed by atoms with Gasteiger partial charge < -0.3 is 4.74 Å². The number of nitrogens with one attached hydrogen (secondary N) is 1. The molecule has 4 nitrogen and oxygen atoms in total. The number of carbonyl (C=O) groups excluding carboxylic acids is 1. The average Bonchev–Trinajstić information content (AvgIpc) is 2.57. The average molecular weight is 331 g/mol. The van der Waals surface area contributed by atoms with Gasteiger partial charge in [0.15, 0.2) is 6.10 Å². The minimum Gasteiger partial charge on any atom is -0.481 e. The normalized spacial score (nSPS) is 12.1. The van der Waals surface area contributed by atoms with E-state index in [-0.39, 0.29) is 5.91 Å². The van der Waals surface area contributed by atoms with Crippen LogP contribution in [0.4, 0.5) is 0 Å². The first-order chi connectivity index (χ1) is 11.1. The Labute approximate surface area is 141 Å². The Morgan fingerprint density at radius 3 is 2.48 bits per heavy atom. The molecule has 0 aliphatic heterocycles. The highest BCUT2D eigenvalue weighted by Crippen LogP contribution is 2.14. The van der Waals surface area contributed by atoms with Crippen LogP contribution in [0.2, 0.25) is 5.02 Å². The fourth-order valence-electron chi connectivity index (χ4n) is 1.87. The van der Waals surface area contributed by atoms with Crippen molar-refractivity contribution in [3.8, 4) is 5.75 Å². The lowest BCUT2D eigenvalue weighted by molar-refractivity contribution is -0.127. The Balaban J connectivity index is 1.85. The monoisotopic (exact) mass is 330 g/mol. The van der Waals surface area contributed by atoms with Crippen molar-refractivity contribution in [2.75, 3.05) is 0 Å². The molecule has 2 aromatic carbocycles. The van der Waals surface area contributed by atoms with Crippen LogP contribution in [-0.4, -0.2) is 18.2 Å². The van der Waals surface area contributed by atoms with Gasteiger partial charge >= 0.3 is 0 Å². The van der Waals surface area contributed by atoms with E-state index >= 15 is 0 Å². The lowest BCUT2D eigenvalue weighted by Gasteiger charge is -2.13. The molecular weight excluding hydrogens is 312 g/mol. The van der Waals surface area contributed by atoms with Crippen LogP contribution in [0.15, 0.2) is 53.6 Å². The number of hydrazone groups is 1. The zero-order chi connectivity index (χ0) is 16.7. The molecular formula is C18H19ClN2O2. The summed E-state index contributed by atoms with van der Waals surface area (Å²) in [5.41, 5.74) is 4.53. The highest BCUT2D eigenvalue weighted by Gasteiger charge is 2.13. The van der Waals surface area contributed by atoms with E-state index in [0.29, 0.717) is 10.8 Å². The van der Waals surface area contributed by atoms with E-state index in [0.717, 1.165) is 12.0 Å². The van der Waals surface area contributed by atoms with Gasteiger partial charge in [-0.1, -0.05) is 42.8 Å². The van der Waals surface area contributed by atoms with E-state index in [1.165, 1.54) is 5.56 Å². The maximum Gasteiger partial charge on any atom is 0.280 e. The van der Waals surface area contributed by atoms with Crippen LogP contribution in [-0.2, 0) is 11.2 Å². The standard InChI is InChI=1S/C18H19ClN2O2/c1-3-14-6-10-17(11-7-14)23-13(2)18(22)21-20-12-15-4-8-16(19)9-5-15/h4-13H,3H2,1-2H3,(H,21,22). The highest BCUT2D eigenvalue weighted by molar-refractivity contribution is 6.30. The summed E-state index contributed by atoms with van der Waals surface area (Å²) < 4.78 is 5.59. The summed E-state index contributed by atoms with van der Waals surface area (Å²) in [6.45, 7) is 3.77. The van der Waals surface area contributed by atoms with Crippen molar-refractivity contribution >= 4 is 23.7 Å². The molecule has 1 N–H and O–H groups in total. The molecule has 23 heavy (non-hydrogen) atoms. The molecule has 2 rings (SSSR count). The second kappa shape index (κ2) is 8.34. The predicted octanol–water partition coefficient (Wildman–Crippen LogP) is 3.82. The Morgan fingerprint density at radius 2 is 1.87 bits per heavy atom. The van der Waals surface area contributed by atoms with Crippen LogP contribution in [0, 0.1) is 0 Å². The number of carbonyl (C=O) groups is 1. The number of ether oxygens (including phenoxy) is 1. The van der Waals surface area contributed by atoms with E-state index < -0.39 is 6.10 Å². The molecule has 0 spiro atoms. The van der Waals surface area contributed by atoms with Gasteiger partial charge in [0.2, 0.25) is 0 Å². The fourth-order valence-corrected chi connectivity index (χ4v) is 2.00. The van der Waals surface area contributed by atoms with E-state index in [9.17, 15) is 4.79 Å². The largest absolute Gasteiger partial charge is 0.481 e. The van der Waals surface area contributed by atoms with Crippen LogP contribution >= 0.6 is 11.6 Å². The zero-order valence-corrected chi connectivity index (χ0v) is 13.9. The SMILES string of the molecule is CCc1ccc(OC(C)C(=O)NN=Cc2ccc(Cl)cc2)cc1. The quantitative estimate of drug-likeness (QED) is 0.646. The summed E-state index contributed by atoms with van der Waals surface area (Å²) in [6, 6.07) is 14.8. The Morgan fingerprint density at radius 1 is 1.22 bits per heavy atom. The summed E-state index contributed by atoms with van der Waals surface area (Å²) in [6.07, 6.45) is 1.89. The molecule has 0 aromatic heterocycles. The third-order valence-corrected chi connectivity index (χ3v) is 3.52. The highest BCUT2D eigenvalue weighted by atomic mass is 35.5. The molecule has 1 amide bonds. The molecule has 0 aliphatic carbocycles. The van der Waals surface area contributed by atoms with Gasteiger partial charge in [-0.3, -0.25) is 4.79 Å². The summed E-state index contributed by atoms with van der Waals surface area (Å²) >= 11 is 5.80. The molecule has 0 saturated heterocycles. The maximum absolute atomic E-state index is 11.9. The minimum absolute atomic E-state index is 0.310. The summed E-state index contributed by atoms with van der Waals surface area (Å²) in [7, 11) is 0. The number of hydrogen-bond acceptors (Lipinski definition) is 3. The van der Waals surface area contributed by atoms with Crippen molar-refractivity contribution in [3.63, 3.8) is 0 Å². The molecule has 5 heteroatoms. The Bertz CT molecular complexity index is 666. The molecule has 0 heterocycles. The van der Waals surface area contributed by atoms with Gasteiger partial charge in [0, 0.05) is 5.02 Å². The van der Waals surface area contributed by atoms with Crippen molar-refractivity contribution in [2.24, 2.45) is 5.10 Å². The first kappa shape index (κ1) is 17.0. The van der Waals surface area contributed by atoms with Gasteiger partial charge in [-0.05, 0) is 48.7 Å². The maximum atomic E-state index is 11.9. The molecule has 2 aromatic rings. The zero-order valence-electron chi connectivity index (χ0n) is 13.1. The van der Waals surface area contributed by atoms with E-state index in [4.69, 9.17) is 16.3 Å². The second-order valence-corrected chi connectivity index (χ2v) is 5.48. The number of benzene rings is 2. The van der Waals surface area contributed by atoms with Gasteiger partial charge in [-0.15, -0.1) is 0 Å². The molecule has 0 aliphatic rings. The number of halogens is 1. The Hall–Kier alpha value is -2.33. The predicted molar refractivity (Wildman–Crippen MR) is 93.1 cm³/mol. The van der Waals surface area contributed by atoms with E-state index in [2.05, 4.69) is 17.5 Å². The lowest BCUT2D eigenvalue weighted by atomic mass is 10.2. The molecule has 1 atom stereocenters. The van der Waals surface area contributed by atoms with Crippen LogP contribution < -0.4 is 10.2 Å². The molecule has 0 saturated carbocycles. The van der Waals surface area contributed by atoms with Gasteiger partial charge in [-0.2, -0.15) is 5.10 Å². The van der Waals surface area contributed by atoms with Crippen molar-refractivity contribution in [1.82, 2.24) is 5.43 Å². The first-order valence-electron chi connectivity index (χ1n) is 7.42. The van der Waals surface area contributed by atoms with Gasteiger partial charge in [0.25, 0.3) is 5.91 Å². The van der Waals surface area contributed by atoms with Crippen molar-refractivity contribution in [2.45, 2.75) is 26.4 Å². The van der Waals surface area contributed by atoms with Crippen LogP contribution in [0.25, 0.3) is 0 Å². The summed E-state index contributed by atoms with van der Waals surface area (Å²) in [4.78, 5) is 11.9. The van der Waals surface area contributed by atoms with E-state index in [1.54, 1.807) is 25.3 Å². The topological polar surface area (TPSA) is 50.7 Å². The molecule has 1 unspecified atom stereocenters. The first-order valence-corrected chi connectivity index (χ1v) is 7.80. The van der Waals surface area contributed by atoms with Crippen molar-refractivity contribution in [3.05, 3.63) is 64.7 Å². The van der Waals surface area contributed by atoms with Crippen molar-refractivity contribution in [1.29, 1.82) is 0 Å². The van der Waals surface area contributed by atoms with Crippen LogP contribution in [0.5, 0.6) is 5.75 Å². The van der Waals surface area contributed by atoms with Crippen LogP contribution in [0.1, 0.15) is 25.0 Å². The molecule has 120 valence electrons. The summed E-state index contributed by atoms with van der Waals surface area (Å²) in [5, 5.41) is 4.57.